The van der Waals surface area contributed by atoms with Crippen LogP contribution in [0.25, 0.3) is 0 Å². The number of hydrogen-bond acceptors (Lipinski definition) is 5. The van der Waals surface area contributed by atoms with Gasteiger partial charge in [-0.2, -0.15) is 5.10 Å². The number of hydrogen-bond donors (Lipinski definition) is 2. The van der Waals surface area contributed by atoms with Gasteiger partial charge in [0.1, 0.15) is 0 Å². The van der Waals surface area contributed by atoms with Gasteiger partial charge in [-0.3, -0.25) is 14.9 Å². The van der Waals surface area contributed by atoms with Crippen LogP contribution in [0.2, 0.25) is 0 Å². The van der Waals surface area contributed by atoms with Gasteiger partial charge in [-0.1, -0.05) is 15.9 Å². The number of anilines is 1. The SMILES string of the molecule is Nc1c(Br)cc(Br)cc1C(=O)N/N=C\c1ccc([N+](=O)[O-])cc1. The Morgan fingerprint density at radius 3 is 2.52 bits per heavy atom. The molecule has 2 rings (SSSR count). The van der Waals surface area contributed by atoms with E-state index in [4.69, 9.17) is 5.73 Å². The first kappa shape index (κ1) is 17.1. The third kappa shape index (κ3) is 4.36. The number of halogens is 2. The zero-order chi connectivity index (χ0) is 17.0. The van der Waals surface area contributed by atoms with Crippen LogP contribution in [0.3, 0.4) is 0 Å². The number of hydrazone groups is 1. The maximum atomic E-state index is 12.1. The van der Waals surface area contributed by atoms with E-state index in [-0.39, 0.29) is 11.3 Å². The molecule has 118 valence electrons. The van der Waals surface area contributed by atoms with Gasteiger partial charge in [-0.15, -0.1) is 0 Å². The summed E-state index contributed by atoms with van der Waals surface area (Å²) in [5.74, 6) is -0.470. The van der Waals surface area contributed by atoms with Crippen molar-refractivity contribution in [3.05, 3.63) is 66.6 Å². The van der Waals surface area contributed by atoms with Crippen LogP contribution in [0.5, 0.6) is 0 Å². The van der Waals surface area contributed by atoms with Crippen molar-refractivity contribution < 1.29 is 9.72 Å². The van der Waals surface area contributed by atoms with Crippen LogP contribution in [0.4, 0.5) is 11.4 Å². The largest absolute Gasteiger partial charge is 0.397 e. The molecule has 0 heterocycles. The van der Waals surface area contributed by atoms with Crippen molar-refractivity contribution in [2.75, 3.05) is 5.73 Å². The zero-order valence-electron chi connectivity index (χ0n) is 11.5. The average molecular weight is 442 g/mol. The summed E-state index contributed by atoms with van der Waals surface area (Å²) < 4.78 is 1.29. The first-order valence-corrected chi connectivity index (χ1v) is 7.79. The van der Waals surface area contributed by atoms with Crippen LogP contribution < -0.4 is 11.2 Å². The molecule has 2 aromatic carbocycles. The molecule has 7 nitrogen and oxygen atoms in total. The monoisotopic (exact) mass is 440 g/mol. The second kappa shape index (κ2) is 7.34. The fraction of sp³-hybridized carbons (Fsp3) is 0. The van der Waals surface area contributed by atoms with Crippen LogP contribution in [0, 0.1) is 10.1 Å². The Balaban J connectivity index is 2.08. The molecule has 0 aliphatic rings. The number of nitrogens with zero attached hydrogens (tertiary/aromatic N) is 2. The number of benzene rings is 2. The van der Waals surface area contributed by atoms with E-state index in [0.717, 1.165) is 0 Å². The van der Waals surface area contributed by atoms with Gasteiger partial charge in [0.25, 0.3) is 11.6 Å². The number of amides is 1. The summed E-state index contributed by atoms with van der Waals surface area (Å²) in [4.78, 5) is 22.1. The van der Waals surface area contributed by atoms with E-state index in [1.807, 2.05) is 0 Å². The zero-order valence-corrected chi connectivity index (χ0v) is 14.7. The first-order valence-electron chi connectivity index (χ1n) is 6.21. The van der Waals surface area contributed by atoms with E-state index >= 15 is 0 Å². The molecule has 3 N–H and O–H groups in total. The first-order chi connectivity index (χ1) is 10.9. The van der Waals surface area contributed by atoms with Crippen LogP contribution in [0.15, 0.2) is 50.4 Å². The molecule has 0 saturated carbocycles. The van der Waals surface area contributed by atoms with Gasteiger partial charge in [0, 0.05) is 21.1 Å². The minimum absolute atomic E-state index is 0.0158. The summed E-state index contributed by atoms with van der Waals surface area (Å²) in [6.45, 7) is 0. The number of non-ortho nitro benzene ring substituents is 1. The number of rotatable bonds is 4. The van der Waals surface area contributed by atoms with Gasteiger partial charge >= 0.3 is 0 Å². The molecule has 2 aromatic rings. The van der Waals surface area contributed by atoms with Gasteiger partial charge in [0.15, 0.2) is 0 Å². The maximum Gasteiger partial charge on any atom is 0.273 e. The van der Waals surface area contributed by atoms with Crippen LogP contribution in [0.1, 0.15) is 15.9 Å². The van der Waals surface area contributed by atoms with E-state index in [9.17, 15) is 14.9 Å². The lowest BCUT2D eigenvalue weighted by molar-refractivity contribution is -0.384. The highest BCUT2D eigenvalue weighted by Gasteiger charge is 2.12. The Labute approximate surface area is 148 Å². The molecule has 0 aliphatic carbocycles. The van der Waals surface area contributed by atoms with Crippen LogP contribution in [-0.2, 0) is 0 Å². The molecule has 0 unspecified atom stereocenters. The van der Waals surface area contributed by atoms with E-state index < -0.39 is 10.8 Å². The van der Waals surface area contributed by atoms with Gasteiger partial charge in [-0.25, -0.2) is 5.43 Å². The fourth-order valence-corrected chi connectivity index (χ4v) is 2.91. The van der Waals surface area contributed by atoms with Gasteiger partial charge in [0.2, 0.25) is 0 Å². The lowest BCUT2D eigenvalue weighted by Gasteiger charge is -2.07. The molecule has 9 heteroatoms. The van der Waals surface area contributed by atoms with Gasteiger partial charge in [-0.05, 0) is 45.8 Å². The summed E-state index contributed by atoms with van der Waals surface area (Å²) in [6.07, 6.45) is 1.38. The second-order valence-electron chi connectivity index (χ2n) is 4.40. The predicted octanol–water partition coefficient (Wildman–Crippen LogP) is 3.47. The molecule has 0 spiro atoms. The van der Waals surface area contributed by atoms with E-state index in [1.54, 1.807) is 12.1 Å². The summed E-state index contributed by atoms with van der Waals surface area (Å²) in [5, 5.41) is 14.4. The van der Waals surface area contributed by atoms with E-state index in [0.29, 0.717) is 20.2 Å². The molecule has 1 amide bonds. The molecule has 0 fully saturated rings. The summed E-state index contributed by atoms with van der Waals surface area (Å²) in [7, 11) is 0. The average Bonchev–Trinajstić information content (AvgIpc) is 2.51. The molecular weight excluding hydrogens is 432 g/mol. The van der Waals surface area contributed by atoms with E-state index in [2.05, 4.69) is 42.4 Å². The number of nitrogens with one attached hydrogen (secondary N) is 1. The van der Waals surface area contributed by atoms with Crippen LogP contribution in [-0.4, -0.2) is 17.0 Å². The number of nitro groups is 1. The minimum atomic E-state index is -0.489. The third-order valence-corrected chi connectivity index (χ3v) is 3.94. The third-order valence-electron chi connectivity index (χ3n) is 2.82. The van der Waals surface area contributed by atoms with Crippen molar-refractivity contribution in [3.63, 3.8) is 0 Å². The molecule has 0 saturated heterocycles. The van der Waals surface area contributed by atoms with Crippen molar-refractivity contribution in [1.82, 2.24) is 5.43 Å². The van der Waals surface area contributed by atoms with Crippen molar-refractivity contribution in [2.24, 2.45) is 5.10 Å². The Morgan fingerprint density at radius 1 is 1.26 bits per heavy atom. The molecule has 23 heavy (non-hydrogen) atoms. The fourth-order valence-electron chi connectivity index (χ4n) is 1.68. The summed E-state index contributed by atoms with van der Waals surface area (Å²) in [5.41, 5.74) is 9.36. The normalized spacial score (nSPS) is 10.7. The number of nitrogens with two attached hydrogens (primary N) is 1. The lowest BCUT2D eigenvalue weighted by atomic mass is 10.2. The van der Waals surface area contributed by atoms with Crippen molar-refractivity contribution in [3.8, 4) is 0 Å². The Bertz CT molecular complexity index is 791. The number of carbonyl (C=O) groups is 1. The Hall–Kier alpha value is -2.26. The smallest absolute Gasteiger partial charge is 0.273 e. The molecule has 0 aromatic heterocycles. The number of nitro benzene ring substituents is 1. The topological polar surface area (TPSA) is 111 Å². The minimum Gasteiger partial charge on any atom is -0.397 e. The van der Waals surface area contributed by atoms with Crippen molar-refractivity contribution >= 4 is 55.4 Å². The van der Waals surface area contributed by atoms with Crippen LogP contribution >= 0.6 is 31.9 Å². The molecular formula is C14H10Br2N4O3. The number of nitrogen functional groups attached to an aromatic ring is 1. The predicted molar refractivity (Wildman–Crippen MR) is 94.4 cm³/mol. The van der Waals surface area contributed by atoms with Crippen molar-refractivity contribution in [1.29, 1.82) is 0 Å². The Kier molecular flexibility index (Phi) is 5.45. The lowest BCUT2D eigenvalue weighted by Crippen LogP contribution is -2.19. The highest BCUT2D eigenvalue weighted by molar-refractivity contribution is 9.11. The second-order valence-corrected chi connectivity index (χ2v) is 6.17. The molecule has 0 bridgehead atoms. The highest BCUT2D eigenvalue weighted by Crippen LogP contribution is 2.28. The van der Waals surface area contributed by atoms with Gasteiger partial charge < -0.3 is 5.73 Å². The van der Waals surface area contributed by atoms with Crippen molar-refractivity contribution in [2.45, 2.75) is 0 Å². The highest BCUT2D eigenvalue weighted by atomic mass is 79.9. The van der Waals surface area contributed by atoms with E-state index in [1.165, 1.54) is 30.5 Å². The molecule has 0 aliphatic heterocycles. The number of carbonyl (C=O) groups excluding carboxylic acids is 1. The standard InChI is InChI=1S/C14H10Br2N4O3/c15-9-5-11(13(17)12(16)6-9)14(21)19-18-7-8-1-3-10(4-2-8)20(22)23/h1-7H,17H2,(H,19,21)/b18-7-. The molecule has 0 radical (unpaired) electrons. The van der Waals surface area contributed by atoms with Gasteiger partial charge in [0.05, 0.1) is 22.4 Å². The maximum absolute atomic E-state index is 12.1. The quantitative estimate of drug-likeness (QED) is 0.327. The summed E-state index contributed by atoms with van der Waals surface area (Å²) >= 11 is 6.54. The Morgan fingerprint density at radius 2 is 1.91 bits per heavy atom. The summed E-state index contributed by atoms with van der Waals surface area (Å²) in [6, 6.07) is 9.07. The molecule has 0 atom stereocenters.